The van der Waals surface area contributed by atoms with E-state index in [4.69, 9.17) is 15.5 Å². The summed E-state index contributed by atoms with van der Waals surface area (Å²) in [6.45, 7) is -0.264. The Bertz CT molecular complexity index is 164. The Morgan fingerprint density at radius 1 is 1.60 bits per heavy atom. The predicted octanol–water partition coefficient (Wildman–Crippen LogP) is -1.80. The minimum Gasteiger partial charge on any atom is -0.343 e. The van der Waals surface area contributed by atoms with Crippen LogP contribution in [0.5, 0.6) is 0 Å². The predicted molar refractivity (Wildman–Crippen MR) is 34.1 cm³/mol. The van der Waals surface area contributed by atoms with Crippen LogP contribution in [-0.2, 0) is 9.36 Å². The molecule has 0 aromatic rings. The van der Waals surface area contributed by atoms with Gasteiger partial charge in [-0.1, -0.05) is 0 Å². The lowest BCUT2D eigenvalue weighted by atomic mass is 10.6. The van der Waals surface area contributed by atoms with Crippen molar-refractivity contribution in [1.29, 1.82) is 0 Å². The number of amides is 1. The Kier molecular flexibility index (Phi) is 3.52. The number of nitrogens with two attached hydrogens (primary N) is 1. The van der Waals surface area contributed by atoms with Gasteiger partial charge in [-0.05, 0) is 0 Å². The maximum Gasteiger partial charge on any atom is 0.344 e. The topological polar surface area (TPSA) is 113 Å². The van der Waals surface area contributed by atoms with E-state index in [0.717, 1.165) is 0 Å². The van der Waals surface area contributed by atoms with Crippen LogP contribution in [0.25, 0.3) is 0 Å². The smallest absolute Gasteiger partial charge is 0.343 e. The molecule has 0 heterocycles. The Morgan fingerprint density at radius 3 is 2.40 bits per heavy atom. The summed E-state index contributed by atoms with van der Waals surface area (Å²) >= 11 is 0. The van der Waals surface area contributed by atoms with Crippen molar-refractivity contribution < 1.29 is 19.1 Å². The molecule has 0 aliphatic rings. The lowest BCUT2D eigenvalue weighted by Crippen LogP contribution is -2.30. The van der Waals surface area contributed by atoms with E-state index < -0.39 is 19.8 Å². The zero-order valence-corrected chi connectivity index (χ0v) is 6.04. The molecule has 0 unspecified atom stereocenters. The van der Waals surface area contributed by atoms with Gasteiger partial charge in [-0.15, -0.1) is 0 Å². The summed E-state index contributed by atoms with van der Waals surface area (Å²) < 4.78 is 10.1. The van der Waals surface area contributed by atoms with E-state index in [1.807, 2.05) is 5.32 Å². The number of hydrogen-bond acceptors (Lipinski definition) is 3. The molecule has 5 N–H and O–H groups in total. The standard InChI is InChI=1S/C3H9N2O4P/c4-1-3(6)5-2-10(7,8)9/h1-2,4H2,(H,5,6)(H2,7,8,9). The number of rotatable bonds is 3. The lowest BCUT2D eigenvalue weighted by Gasteiger charge is -2.03. The second-order valence-electron chi connectivity index (χ2n) is 1.63. The fourth-order valence-corrected chi connectivity index (χ4v) is 0.646. The van der Waals surface area contributed by atoms with Crippen LogP contribution in [0.1, 0.15) is 0 Å². The third-order valence-electron chi connectivity index (χ3n) is 0.668. The highest BCUT2D eigenvalue weighted by Crippen LogP contribution is 2.31. The zero-order chi connectivity index (χ0) is 8.20. The van der Waals surface area contributed by atoms with Crippen molar-refractivity contribution >= 4 is 13.5 Å². The first-order valence-electron chi connectivity index (χ1n) is 2.47. The largest absolute Gasteiger partial charge is 0.344 e. The van der Waals surface area contributed by atoms with Crippen molar-refractivity contribution in [1.82, 2.24) is 5.32 Å². The summed E-state index contributed by atoms with van der Waals surface area (Å²) in [6.07, 6.45) is -0.650. The van der Waals surface area contributed by atoms with Gasteiger partial charge in [0.2, 0.25) is 5.91 Å². The van der Waals surface area contributed by atoms with Gasteiger partial charge in [0.25, 0.3) is 0 Å². The maximum atomic E-state index is 10.3. The van der Waals surface area contributed by atoms with Gasteiger partial charge >= 0.3 is 7.60 Å². The molecular weight excluding hydrogens is 159 g/mol. The molecule has 0 bridgehead atoms. The summed E-state index contributed by atoms with van der Waals surface area (Å²) in [5.41, 5.74) is 4.84. The molecule has 10 heavy (non-hydrogen) atoms. The van der Waals surface area contributed by atoms with E-state index in [-0.39, 0.29) is 6.54 Å². The van der Waals surface area contributed by atoms with Gasteiger partial charge in [0, 0.05) is 0 Å². The van der Waals surface area contributed by atoms with E-state index in [0.29, 0.717) is 0 Å². The number of hydrogen-bond donors (Lipinski definition) is 4. The molecular formula is C3H9N2O4P. The van der Waals surface area contributed by atoms with Gasteiger partial charge in [0.05, 0.1) is 6.54 Å². The van der Waals surface area contributed by atoms with Crippen LogP contribution in [0.4, 0.5) is 0 Å². The third kappa shape index (κ3) is 5.71. The highest BCUT2D eigenvalue weighted by atomic mass is 31.2. The molecule has 0 spiro atoms. The van der Waals surface area contributed by atoms with Crippen molar-refractivity contribution in [2.24, 2.45) is 5.73 Å². The zero-order valence-electron chi connectivity index (χ0n) is 5.15. The summed E-state index contributed by atoms with van der Waals surface area (Å²) in [6, 6.07) is 0. The SMILES string of the molecule is NCC(=O)NCP(=O)(O)O. The normalized spacial score (nSPS) is 11.1. The Labute approximate surface area is 57.6 Å². The molecule has 7 heteroatoms. The summed E-state index contributed by atoms with van der Waals surface area (Å²) in [5, 5.41) is 1.95. The van der Waals surface area contributed by atoms with Crippen molar-refractivity contribution in [3.63, 3.8) is 0 Å². The third-order valence-corrected chi connectivity index (χ3v) is 1.24. The summed E-state index contributed by atoms with van der Waals surface area (Å²) in [7, 11) is -4.12. The molecule has 0 rings (SSSR count). The monoisotopic (exact) mass is 168 g/mol. The average Bonchev–Trinajstić information content (AvgIpc) is 1.81. The Hall–Kier alpha value is -0.420. The first-order chi connectivity index (χ1) is 4.45. The molecule has 1 amide bonds. The Balaban J connectivity index is 3.56. The van der Waals surface area contributed by atoms with Crippen molar-refractivity contribution in [2.45, 2.75) is 0 Å². The maximum absolute atomic E-state index is 10.3. The summed E-state index contributed by atoms with van der Waals surface area (Å²) in [5.74, 6) is -0.580. The second-order valence-corrected chi connectivity index (χ2v) is 3.27. The molecule has 0 saturated carbocycles. The fourth-order valence-electron chi connectivity index (χ4n) is 0.263. The second kappa shape index (κ2) is 3.68. The molecule has 0 aliphatic carbocycles. The van der Waals surface area contributed by atoms with Gasteiger partial charge in [-0.2, -0.15) is 0 Å². The molecule has 0 radical (unpaired) electrons. The van der Waals surface area contributed by atoms with E-state index in [1.54, 1.807) is 0 Å². The van der Waals surface area contributed by atoms with Crippen LogP contribution in [0.15, 0.2) is 0 Å². The molecule has 0 aromatic heterocycles. The molecule has 0 fully saturated rings. The number of carbonyl (C=O) groups excluding carboxylic acids is 1. The van der Waals surface area contributed by atoms with Gasteiger partial charge in [0.15, 0.2) is 0 Å². The number of nitrogens with one attached hydrogen (secondary N) is 1. The van der Waals surface area contributed by atoms with Crippen molar-refractivity contribution in [2.75, 3.05) is 12.8 Å². The minimum atomic E-state index is -4.12. The van der Waals surface area contributed by atoms with Gasteiger partial charge in [-0.3, -0.25) is 9.36 Å². The molecule has 60 valence electrons. The molecule has 0 saturated heterocycles. The minimum absolute atomic E-state index is 0.264. The van der Waals surface area contributed by atoms with Crippen LogP contribution in [0, 0.1) is 0 Å². The van der Waals surface area contributed by atoms with Crippen LogP contribution in [-0.4, -0.2) is 28.5 Å². The average molecular weight is 168 g/mol. The van der Waals surface area contributed by atoms with Gasteiger partial charge in [0.1, 0.15) is 6.29 Å². The first kappa shape index (κ1) is 9.58. The first-order valence-corrected chi connectivity index (χ1v) is 4.27. The fraction of sp³-hybridized carbons (Fsp3) is 0.667. The summed E-state index contributed by atoms with van der Waals surface area (Å²) in [4.78, 5) is 26.7. The molecule has 0 atom stereocenters. The van der Waals surface area contributed by atoms with E-state index in [9.17, 15) is 9.36 Å². The van der Waals surface area contributed by atoms with Crippen LogP contribution in [0.2, 0.25) is 0 Å². The van der Waals surface area contributed by atoms with Crippen LogP contribution >= 0.6 is 7.60 Å². The van der Waals surface area contributed by atoms with E-state index in [1.165, 1.54) is 0 Å². The lowest BCUT2D eigenvalue weighted by molar-refractivity contribution is -0.119. The van der Waals surface area contributed by atoms with Crippen molar-refractivity contribution in [3.05, 3.63) is 0 Å². The highest BCUT2D eigenvalue weighted by Gasteiger charge is 2.12. The number of carbonyl (C=O) groups is 1. The van der Waals surface area contributed by atoms with Gasteiger partial charge < -0.3 is 20.8 Å². The van der Waals surface area contributed by atoms with Gasteiger partial charge in [-0.25, -0.2) is 0 Å². The van der Waals surface area contributed by atoms with Crippen LogP contribution in [0.3, 0.4) is 0 Å². The molecule has 6 nitrogen and oxygen atoms in total. The van der Waals surface area contributed by atoms with E-state index in [2.05, 4.69) is 0 Å². The molecule has 0 aliphatic heterocycles. The molecule has 0 aromatic carbocycles. The Morgan fingerprint density at radius 2 is 2.10 bits per heavy atom. The van der Waals surface area contributed by atoms with Crippen LogP contribution < -0.4 is 11.1 Å². The van der Waals surface area contributed by atoms with E-state index >= 15 is 0 Å². The highest BCUT2D eigenvalue weighted by molar-refractivity contribution is 7.51. The van der Waals surface area contributed by atoms with Crippen molar-refractivity contribution in [3.8, 4) is 0 Å². The quantitative estimate of drug-likeness (QED) is 0.371.